The quantitative estimate of drug-likeness (QED) is 0.770. The fourth-order valence-electron chi connectivity index (χ4n) is 3.66. The van der Waals surface area contributed by atoms with E-state index < -0.39 is 0 Å². The number of carbonyl (C=O) groups excluding carboxylic acids is 1. The summed E-state index contributed by atoms with van der Waals surface area (Å²) in [4.78, 5) is 12.8. The molecule has 0 fully saturated rings. The van der Waals surface area contributed by atoms with Crippen molar-refractivity contribution in [1.29, 1.82) is 0 Å². The van der Waals surface area contributed by atoms with Crippen LogP contribution in [0.25, 0.3) is 6.08 Å². The van der Waals surface area contributed by atoms with Crippen molar-refractivity contribution in [1.82, 2.24) is 0 Å². The van der Waals surface area contributed by atoms with Gasteiger partial charge in [-0.2, -0.15) is 0 Å². The van der Waals surface area contributed by atoms with E-state index in [0.29, 0.717) is 0 Å². The summed E-state index contributed by atoms with van der Waals surface area (Å²) in [6.07, 6.45) is 9.05. The summed E-state index contributed by atoms with van der Waals surface area (Å²) in [6.45, 7) is 0. The number of hydrogen-bond acceptors (Lipinski definition) is 2. The Kier molecular flexibility index (Phi) is 2.51. The molecule has 110 valence electrons. The normalized spacial score (nSPS) is 20.3. The molecular weight excluding hydrogens is 284 g/mol. The van der Waals surface area contributed by atoms with E-state index in [1.54, 1.807) is 0 Å². The van der Waals surface area contributed by atoms with Crippen LogP contribution in [0.4, 0.5) is 0 Å². The van der Waals surface area contributed by atoms with Gasteiger partial charge in [-0.25, -0.2) is 0 Å². The molecule has 0 saturated carbocycles. The summed E-state index contributed by atoms with van der Waals surface area (Å²) >= 11 is 0. The first-order chi connectivity index (χ1) is 11.3. The molecule has 0 bridgehead atoms. The summed E-state index contributed by atoms with van der Waals surface area (Å²) in [5.74, 6) is 1.00. The van der Waals surface area contributed by atoms with Gasteiger partial charge in [0.2, 0.25) is 0 Å². The SMILES string of the molecule is O=C1c2ccccc2C2OC(C3=CC=CC3)=Cc3cccc1c32. The van der Waals surface area contributed by atoms with Crippen molar-refractivity contribution in [3.8, 4) is 0 Å². The highest BCUT2D eigenvalue weighted by Gasteiger charge is 2.36. The molecule has 2 aliphatic carbocycles. The molecule has 1 atom stereocenters. The van der Waals surface area contributed by atoms with Crippen LogP contribution < -0.4 is 0 Å². The van der Waals surface area contributed by atoms with Crippen LogP contribution in [-0.4, -0.2) is 5.78 Å². The number of ether oxygens (including phenoxy) is 1. The van der Waals surface area contributed by atoms with Gasteiger partial charge >= 0.3 is 0 Å². The van der Waals surface area contributed by atoms with E-state index in [2.05, 4.69) is 30.4 Å². The number of carbonyl (C=O) groups is 1. The summed E-state index contributed by atoms with van der Waals surface area (Å²) in [6, 6.07) is 13.7. The molecule has 2 nitrogen and oxygen atoms in total. The average Bonchev–Trinajstić information content (AvgIpc) is 3.13. The topological polar surface area (TPSA) is 26.3 Å². The number of fused-ring (bicyclic) bond motifs is 2. The second kappa shape index (κ2) is 4.56. The van der Waals surface area contributed by atoms with E-state index in [9.17, 15) is 4.79 Å². The Morgan fingerprint density at radius 1 is 1.00 bits per heavy atom. The van der Waals surface area contributed by atoms with Crippen molar-refractivity contribution in [2.75, 3.05) is 0 Å². The van der Waals surface area contributed by atoms with Crippen LogP contribution >= 0.6 is 0 Å². The van der Waals surface area contributed by atoms with E-state index in [0.717, 1.165) is 40.0 Å². The van der Waals surface area contributed by atoms with Crippen molar-refractivity contribution < 1.29 is 9.53 Å². The van der Waals surface area contributed by atoms with E-state index in [-0.39, 0.29) is 11.9 Å². The Morgan fingerprint density at radius 3 is 2.74 bits per heavy atom. The lowest BCUT2D eigenvalue weighted by Gasteiger charge is -2.33. The van der Waals surface area contributed by atoms with Crippen LogP contribution in [0.3, 0.4) is 0 Å². The zero-order valence-corrected chi connectivity index (χ0v) is 12.5. The molecule has 5 rings (SSSR count). The molecule has 1 unspecified atom stereocenters. The van der Waals surface area contributed by atoms with Crippen LogP contribution in [-0.2, 0) is 4.74 Å². The van der Waals surface area contributed by atoms with Gasteiger partial charge in [-0.05, 0) is 23.6 Å². The summed E-state index contributed by atoms with van der Waals surface area (Å²) in [7, 11) is 0. The molecule has 1 aliphatic heterocycles. The molecular formula is C21H14O2. The molecule has 0 saturated heterocycles. The number of ketones is 1. The standard InChI is InChI=1S/C21H14O2/c22-20-15-9-3-4-10-16(15)21-19-14(8-5-11-17(19)20)12-18(23-21)13-6-1-2-7-13/h1-6,8-12,21H,7H2. The fourth-order valence-corrected chi connectivity index (χ4v) is 3.66. The molecule has 0 N–H and O–H groups in total. The first kappa shape index (κ1) is 12.7. The minimum Gasteiger partial charge on any atom is -0.481 e. The van der Waals surface area contributed by atoms with Crippen LogP contribution in [0.1, 0.15) is 45.1 Å². The van der Waals surface area contributed by atoms with E-state index >= 15 is 0 Å². The minimum atomic E-state index is -0.198. The highest BCUT2D eigenvalue weighted by Crippen LogP contribution is 2.45. The maximum absolute atomic E-state index is 12.8. The van der Waals surface area contributed by atoms with Gasteiger partial charge in [-0.15, -0.1) is 0 Å². The zero-order chi connectivity index (χ0) is 15.4. The molecule has 23 heavy (non-hydrogen) atoms. The van der Waals surface area contributed by atoms with Crippen molar-refractivity contribution in [3.05, 3.63) is 99.8 Å². The lowest BCUT2D eigenvalue weighted by Crippen LogP contribution is -2.24. The number of benzene rings is 2. The molecule has 3 aliphatic rings. The Bertz CT molecular complexity index is 944. The molecule has 0 amide bonds. The minimum absolute atomic E-state index is 0.0934. The molecule has 2 aromatic rings. The predicted octanol–water partition coefficient (Wildman–Crippen LogP) is 4.58. The summed E-state index contributed by atoms with van der Waals surface area (Å²) < 4.78 is 6.35. The highest BCUT2D eigenvalue weighted by atomic mass is 16.5. The molecule has 0 spiro atoms. The van der Waals surface area contributed by atoms with E-state index in [4.69, 9.17) is 4.74 Å². The monoisotopic (exact) mass is 298 g/mol. The van der Waals surface area contributed by atoms with Crippen molar-refractivity contribution >= 4 is 11.9 Å². The molecule has 0 radical (unpaired) electrons. The van der Waals surface area contributed by atoms with Gasteiger partial charge in [0.25, 0.3) is 0 Å². The predicted molar refractivity (Wildman–Crippen MR) is 89.1 cm³/mol. The molecule has 1 heterocycles. The zero-order valence-electron chi connectivity index (χ0n) is 12.5. The highest BCUT2D eigenvalue weighted by molar-refractivity contribution is 6.13. The maximum Gasteiger partial charge on any atom is 0.193 e. The van der Waals surface area contributed by atoms with Gasteiger partial charge < -0.3 is 4.74 Å². The van der Waals surface area contributed by atoms with Crippen molar-refractivity contribution in [2.24, 2.45) is 0 Å². The third-order valence-corrected chi connectivity index (χ3v) is 4.75. The number of allylic oxidation sites excluding steroid dienone is 4. The van der Waals surface area contributed by atoms with Crippen molar-refractivity contribution in [3.63, 3.8) is 0 Å². The van der Waals surface area contributed by atoms with E-state index in [1.165, 1.54) is 5.57 Å². The van der Waals surface area contributed by atoms with Gasteiger partial charge in [0.05, 0.1) is 0 Å². The van der Waals surface area contributed by atoms with Crippen LogP contribution in [0.2, 0.25) is 0 Å². The first-order valence-corrected chi connectivity index (χ1v) is 7.84. The third kappa shape index (κ3) is 1.72. The van der Waals surface area contributed by atoms with Crippen LogP contribution in [0.5, 0.6) is 0 Å². The third-order valence-electron chi connectivity index (χ3n) is 4.75. The summed E-state index contributed by atoms with van der Waals surface area (Å²) in [5.41, 5.74) is 5.77. The Hall–Kier alpha value is -2.87. The first-order valence-electron chi connectivity index (χ1n) is 7.84. The lowest BCUT2D eigenvalue weighted by atomic mass is 9.79. The van der Waals surface area contributed by atoms with Crippen LogP contribution in [0.15, 0.2) is 72.0 Å². The summed E-state index contributed by atoms with van der Waals surface area (Å²) in [5, 5.41) is 0. The molecule has 2 heteroatoms. The lowest BCUT2D eigenvalue weighted by molar-refractivity contribution is 0.0998. The van der Waals surface area contributed by atoms with Gasteiger partial charge in [0, 0.05) is 22.3 Å². The Balaban J connectivity index is 1.76. The maximum atomic E-state index is 12.8. The van der Waals surface area contributed by atoms with Crippen LogP contribution in [0, 0.1) is 0 Å². The smallest absolute Gasteiger partial charge is 0.193 e. The van der Waals surface area contributed by atoms with Gasteiger partial charge in [0.1, 0.15) is 5.76 Å². The van der Waals surface area contributed by atoms with Gasteiger partial charge in [0.15, 0.2) is 11.9 Å². The molecule has 2 aromatic carbocycles. The van der Waals surface area contributed by atoms with Gasteiger partial charge in [-0.3, -0.25) is 4.79 Å². The average molecular weight is 298 g/mol. The second-order valence-corrected chi connectivity index (χ2v) is 6.06. The van der Waals surface area contributed by atoms with Gasteiger partial charge in [-0.1, -0.05) is 60.7 Å². The van der Waals surface area contributed by atoms with Crippen molar-refractivity contribution in [2.45, 2.75) is 12.5 Å². The largest absolute Gasteiger partial charge is 0.481 e. The Morgan fingerprint density at radius 2 is 1.87 bits per heavy atom. The Labute approximate surface area is 134 Å². The number of hydrogen-bond donors (Lipinski definition) is 0. The van der Waals surface area contributed by atoms with E-state index in [1.807, 2.05) is 36.4 Å². The fraction of sp³-hybridized carbons (Fsp3) is 0.0952. The second-order valence-electron chi connectivity index (χ2n) is 6.06. The number of rotatable bonds is 1. The molecule has 0 aromatic heterocycles.